The number of nitrogens with zero attached hydrogens (tertiary/aromatic N) is 1. The molecular formula is C23H28N2O2. The van der Waals surface area contributed by atoms with Gasteiger partial charge in [0.05, 0.1) is 5.56 Å². The summed E-state index contributed by atoms with van der Waals surface area (Å²) < 4.78 is 6.32. The summed E-state index contributed by atoms with van der Waals surface area (Å²) >= 11 is 0. The standard InChI is InChI=1S/C23H28N2O2/c1-14-11-12-17-16(13-14)18-19(26)24-21(25-20(18)27-23(17,4)5)22(2,3)15-9-7-6-8-10-15/h6-11,16-17H,12-13H2,1-5H3,(H,24,25,26). The Morgan fingerprint density at radius 2 is 1.93 bits per heavy atom. The topological polar surface area (TPSA) is 55.0 Å². The Kier molecular flexibility index (Phi) is 4.06. The molecule has 2 aliphatic rings. The van der Waals surface area contributed by atoms with Gasteiger partial charge in [-0.15, -0.1) is 0 Å². The minimum absolute atomic E-state index is 0.0563. The predicted octanol–water partition coefficient (Wildman–Crippen LogP) is 4.71. The molecule has 0 spiro atoms. The maximum absolute atomic E-state index is 13.1. The molecule has 1 N–H and O–H groups in total. The highest BCUT2D eigenvalue weighted by molar-refractivity contribution is 5.39. The van der Waals surface area contributed by atoms with Crippen LogP contribution in [0.2, 0.25) is 0 Å². The van der Waals surface area contributed by atoms with Crippen LogP contribution >= 0.6 is 0 Å². The lowest BCUT2D eigenvalue weighted by Crippen LogP contribution is -2.48. The Hall–Kier alpha value is -2.36. The lowest BCUT2D eigenvalue weighted by atomic mass is 9.68. The van der Waals surface area contributed by atoms with Crippen LogP contribution in [0.3, 0.4) is 0 Å². The molecule has 0 radical (unpaired) electrons. The highest BCUT2D eigenvalue weighted by Crippen LogP contribution is 2.49. The molecule has 2 unspecified atom stereocenters. The minimum atomic E-state index is -0.414. The number of aromatic amines is 1. The highest BCUT2D eigenvalue weighted by Gasteiger charge is 2.47. The summed E-state index contributed by atoms with van der Waals surface area (Å²) in [6.45, 7) is 10.5. The first-order valence-electron chi connectivity index (χ1n) is 9.75. The molecule has 0 saturated heterocycles. The van der Waals surface area contributed by atoms with E-state index in [0.29, 0.717) is 17.6 Å². The third kappa shape index (κ3) is 2.91. The van der Waals surface area contributed by atoms with Crippen LogP contribution in [-0.4, -0.2) is 15.6 Å². The first kappa shape index (κ1) is 18.0. The van der Waals surface area contributed by atoms with Crippen molar-refractivity contribution in [2.24, 2.45) is 5.92 Å². The van der Waals surface area contributed by atoms with Crippen LogP contribution in [0.5, 0.6) is 5.88 Å². The van der Waals surface area contributed by atoms with Crippen LogP contribution in [0.25, 0.3) is 0 Å². The van der Waals surface area contributed by atoms with Crippen molar-refractivity contribution in [2.45, 2.75) is 64.4 Å². The Morgan fingerprint density at radius 3 is 2.63 bits per heavy atom. The summed E-state index contributed by atoms with van der Waals surface area (Å²) in [6, 6.07) is 10.1. The van der Waals surface area contributed by atoms with Gasteiger partial charge in [-0.2, -0.15) is 4.98 Å². The van der Waals surface area contributed by atoms with E-state index >= 15 is 0 Å². The van der Waals surface area contributed by atoms with E-state index in [1.165, 1.54) is 5.57 Å². The molecule has 4 heteroatoms. The number of nitrogens with one attached hydrogen (secondary N) is 1. The molecule has 2 atom stereocenters. The molecule has 1 aliphatic heterocycles. The van der Waals surface area contributed by atoms with Gasteiger partial charge in [-0.25, -0.2) is 0 Å². The van der Waals surface area contributed by atoms with E-state index in [0.717, 1.165) is 24.0 Å². The average Bonchev–Trinajstić information content (AvgIpc) is 2.61. The van der Waals surface area contributed by atoms with Gasteiger partial charge in [0.25, 0.3) is 5.56 Å². The molecule has 0 bridgehead atoms. The summed E-state index contributed by atoms with van der Waals surface area (Å²) in [6.07, 6.45) is 4.13. The maximum atomic E-state index is 13.1. The number of rotatable bonds is 2. The SMILES string of the molecule is CC1=CCC2C(C1)c1c(nc(C(C)(C)c3ccccc3)[nH]c1=O)OC2(C)C. The second-order valence-corrected chi connectivity index (χ2v) is 9.03. The van der Waals surface area contributed by atoms with Crippen LogP contribution in [-0.2, 0) is 5.41 Å². The van der Waals surface area contributed by atoms with Crippen molar-refractivity contribution in [3.63, 3.8) is 0 Å². The summed E-state index contributed by atoms with van der Waals surface area (Å²) in [5, 5.41) is 0. The monoisotopic (exact) mass is 364 g/mol. The Morgan fingerprint density at radius 1 is 1.22 bits per heavy atom. The fourth-order valence-electron chi connectivity index (χ4n) is 4.62. The molecule has 0 amide bonds. The van der Waals surface area contributed by atoms with E-state index < -0.39 is 5.41 Å². The molecule has 0 saturated carbocycles. The summed E-state index contributed by atoms with van der Waals surface area (Å²) in [5.41, 5.74) is 2.36. The lowest BCUT2D eigenvalue weighted by molar-refractivity contribution is 0.00251. The van der Waals surface area contributed by atoms with E-state index in [-0.39, 0.29) is 17.1 Å². The fourth-order valence-corrected chi connectivity index (χ4v) is 4.62. The van der Waals surface area contributed by atoms with Crippen molar-refractivity contribution in [3.05, 3.63) is 69.3 Å². The van der Waals surface area contributed by atoms with Crippen molar-refractivity contribution in [2.75, 3.05) is 0 Å². The Labute approximate surface area is 160 Å². The van der Waals surface area contributed by atoms with E-state index in [2.05, 4.69) is 57.8 Å². The third-order valence-corrected chi connectivity index (χ3v) is 6.38. The average molecular weight is 364 g/mol. The van der Waals surface area contributed by atoms with Crippen LogP contribution in [0.1, 0.15) is 70.3 Å². The molecule has 1 aliphatic carbocycles. The van der Waals surface area contributed by atoms with Crippen molar-refractivity contribution in [1.82, 2.24) is 9.97 Å². The molecule has 4 rings (SSSR count). The Balaban J connectivity index is 1.85. The van der Waals surface area contributed by atoms with Crippen LogP contribution in [0.15, 0.2) is 46.8 Å². The molecule has 1 aromatic carbocycles. The number of fused-ring (bicyclic) bond motifs is 3. The normalized spacial score (nSPS) is 23.7. The second kappa shape index (κ2) is 6.08. The number of H-pyrrole nitrogens is 1. The van der Waals surface area contributed by atoms with Crippen LogP contribution in [0, 0.1) is 5.92 Å². The van der Waals surface area contributed by atoms with Gasteiger partial charge in [-0.1, -0.05) is 42.0 Å². The van der Waals surface area contributed by atoms with Crippen molar-refractivity contribution in [1.29, 1.82) is 0 Å². The van der Waals surface area contributed by atoms with Crippen LogP contribution < -0.4 is 10.3 Å². The number of aromatic nitrogens is 2. The Bertz CT molecular complexity index is 954. The molecule has 142 valence electrons. The van der Waals surface area contributed by atoms with Crippen molar-refractivity contribution < 1.29 is 4.74 Å². The largest absolute Gasteiger partial charge is 0.471 e. The summed E-state index contributed by atoms with van der Waals surface area (Å²) in [4.78, 5) is 21.1. The summed E-state index contributed by atoms with van der Waals surface area (Å²) in [7, 11) is 0. The highest BCUT2D eigenvalue weighted by atomic mass is 16.5. The van der Waals surface area contributed by atoms with E-state index in [1.807, 2.05) is 18.2 Å². The van der Waals surface area contributed by atoms with Gasteiger partial charge in [0.15, 0.2) is 0 Å². The van der Waals surface area contributed by atoms with Gasteiger partial charge >= 0.3 is 0 Å². The number of benzene rings is 1. The van der Waals surface area contributed by atoms with Gasteiger partial charge in [-0.05, 0) is 53.0 Å². The molecular weight excluding hydrogens is 336 g/mol. The molecule has 27 heavy (non-hydrogen) atoms. The van der Waals surface area contributed by atoms with Gasteiger partial charge in [0.1, 0.15) is 11.4 Å². The van der Waals surface area contributed by atoms with Crippen molar-refractivity contribution in [3.8, 4) is 5.88 Å². The van der Waals surface area contributed by atoms with Gasteiger partial charge in [0, 0.05) is 17.3 Å². The fraction of sp³-hybridized carbons (Fsp3) is 0.478. The maximum Gasteiger partial charge on any atom is 0.258 e. The van der Waals surface area contributed by atoms with E-state index in [1.54, 1.807) is 0 Å². The van der Waals surface area contributed by atoms with E-state index in [9.17, 15) is 4.79 Å². The zero-order valence-corrected chi connectivity index (χ0v) is 16.8. The number of ether oxygens (including phenoxy) is 1. The molecule has 1 aromatic heterocycles. The van der Waals surface area contributed by atoms with E-state index in [4.69, 9.17) is 9.72 Å². The van der Waals surface area contributed by atoms with Gasteiger partial charge in [-0.3, -0.25) is 4.79 Å². The molecule has 2 heterocycles. The number of hydrogen-bond acceptors (Lipinski definition) is 3. The lowest BCUT2D eigenvalue weighted by Gasteiger charge is -2.45. The number of allylic oxidation sites excluding steroid dienone is 2. The zero-order chi connectivity index (χ0) is 19.4. The minimum Gasteiger partial charge on any atom is -0.471 e. The zero-order valence-electron chi connectivity index (χ0n) is 16.8. The van der Waals surface area contributed by atoms with Crippen molar-refractivity contribution >= 4 is 0 Å². The van der Waals surface area contributed by atoms with Crippen LogP contribution in [0.4, 0.5) is 0 Å². The quantitative estimate of drug-likeness (QED) is 0.786. The smallest absolute Gasteiger partial charge is 0.258 e. The van der Waals surface area contributed by atoms with Gasteiger partial charge < -0.3 is 9.72 Å². The molecule has 4 nitrogen and oxygen atoms in total. The molecule has 0 fully saturated rings. The third-order valence-electron chi connectivity index (χ3n) is 6.38. The first-order valence-corrected chi connectivity index (χ1v) is 9.75. The molecule has 2 aromatic rings. The second-order valence-electron chi connectivity index (χ2n) is 9.03. The first-order chi connectivity index (χ1) is 12.7. The van der Waals surface area contributed by atoms with Gasteiger partial charge in [0.2, 0.25) is 5.88 Å². The predicted molar refractivity (Wildman–Crippen MR) is 107 cm³/mol. The summed E-state index contributed by atoms with van der Waals surface area (Å²) in [5.74, 6) is 1.62. The number of hydrogen-bond donors (Lipinski definition) is 1.